The topological polar surface area (TPSA) is 41.6 Å². The molecule has 0 radical (unpaired) electrons. The van der Waals surface area contributed by atoms with E-state index in [0.717, 1.165) is 39.3 Å². The highest BCUT2D eigenvalue weighted by Crippen LogP contribution is 2.41. The van der Waals surface area contributed by atoms with Gasteiger partial charge >= 0.3 is 6.18 Å². The molecule has 2 heterocycles. The smallest absolute Gasteiger partial charge is 0.425 e. The molecule has 1 N–H and O–H groups in total. The number of hydrogen-bond donors (Lipinski definition) is 1. The molecular formula is C17H21F3N2O2. The quantitative estimate of drug-likeness (QED) is 0.918. The molecule has 2 aliphatic rings. The van der Waals surface area contributed by atoms with Gasteiger partial charge in [0.25, 0.3) is 0 Å². The van der Waals surface area contributed by atoms with Crippen LogP contribution in [0.4, 0.5) is 18.9 Å². The van der Waals surface area contributed by atoms with E-state index in [2.05, 4.69) is 5.32 Å². The first-order chi connectivity index (χ1) is 11.3. The highest BCUT2D eigenvalue weighted by atomic mass is 19.4. The van der Waals surface area contributed by atoms with Crippen LogP contribution in [-0.2, 0) is 4.79 Å². The second-order valence-corrected chi connectivity index (χ2v) is 6.53. The molecule has 1 atom stereocenters. The maximum Gasteiger partial charge on any atom is 0.425 e. The van der Waals surface area contributed by atoms with E-state index in [9.17, 15) is 18.0 Å². The van der Waals surface area contributed by atoms with Gasteiger partial charge in [0, 0.05) is 12.2 Å². The highest BCUT2D eigenvalue weighted by molar-refractivity contribution is 6.00. The summed E-state index contributed by atoms with van der Waals surface area (Å²) in [6, 6.07) is 6.27. The van der Waals surface area contributed by atoms with E-state index in [0.29, 0.717) is 12.2 Å². The van der Waals surface area contributed by atoms with Gasteiger partial charge < -0.3 is 15.0 Å². The van der Waals surface area contributed by atoms with Crippen LogP contribution in [0.5, 0.6) is 5.75 Å². The average molecular weight is 342 g/mol. The van der Waals surface area contributed by atoms with Crippen LogP contribution in [0, 0.1) is 5.41 Å². The van der Waals surface area contributed by atoms with Gasteiger partial charge in [-0.1, -0.05) is 0 Å². The average Bonchev–Trinajstić information content (AvgIpc) is 2.85. The molecule has 1 amide bonds. The Balaban J connectivity index is 1.69. The third-order valence-corrected chi connectivity index (χ3v) is 5.00. The molecule has 2 saturated heterocycles. The molecule has 0 unspecified atom stereocenters. The summed E-state index contributed by atoms with van der Waals surface area (Å²) in [7, 11) is 0. The third kappa shape index (κ3) is 3.22. The van der Waals surface area contributed by atoms with Crippen molar-refractivity contribution in [2.75, 3.05) is 24.5 Å². The van der Waals surface area contributed by atoms with E-state index in [1.54, 1.807) is 17.0 Å². The molecule has 0 aliphatic carbocycles. The molecule has 1 aromatic carbocycles. The summed E-state index contributed by atoms with van der Waals surface area (Å²) in [5.41, 5.74) is 0.438. The van der Waals surface area contributed by atoms with Crippen molar-refractivity contribution in [3.05, 3.63) is 24.3 Å². The number of amides is 1. The summed E-state index contributed by atoms with van der Waals surface area (Å²) in [4.78, 5) is 14.5. The van der Waals surface area contributed by atoms with Gasteiger partial charge in [0.2, 0.25) is 5.91 Å². The first-order valence-electron chi connectivity index (χ1n) is 8.18. The van der Waals surface area contributed by atoms with Crippen LogP contribution in [0.25, 0.3) is 0 Å². The number of halogens is 3. The number of rotatable bonds is 3. The van der Waals surface area contributed by atoms with Crippen molar-refractivity contribution in [3.8, 4) is 5.75 Å². The van der Waals surface area contributed by atoms with Crippen LogP contribution >= 0.6 is 0 Å². The Morgan fingerprint density at radius 3 is 2.38 bits per heavy atom. The van der Waals surface area contributed by atoms with Gasteiger partial charge in [0.1, 0.15) is 5.75 Å². The van der Waals surface area contributed by atoms with Crippen molar-refractivity contribution in [2.45, 2.75) is 38.5 Å². The fourth-order valence-corrected chi connectivity index (χ4v) is 3.41. The number of hydrogen-bond acceptors (Lipinski definition) is 3. The fraction of sp³-hybridized carbons (Fsp3) is 0.588. The molecule has 0 saturated carbocycles. The monoisotopic (exact) mass is 342 g/mol. The Kier molecular flexibility index (Phi) is 4.46. The predicted octanol–water partition coefficient (Wildman–Crippen LogP) is 3.12. The lowest BCUT2D eigenvalue weighted by atomic mass is 9.78. The van der Waals surface area contributed by atoms with E-state index in [1.807, 2.05) is 0 Å². The number of carbonyl (C=O) groups is 1. The molecule has 132 valence electrons. The SMILES string of the molecule is C[C@H](Oc1ccc(N2CCC3(CCNCC3)C2=O)cc1)C(F)(F)F. The number of carbonyl (C=O) groups excluding carboxylic acids is 1. The number of nitrogens with zero attached hydrogens (tertiary/aromatic N) is 1. The third-order valence-electron chi connectivity index (χ3n) is 5.00. The van der Waals surface area contributed by atoms with E-state index >= 15 is 0 Å². The van der Waals surface area contributed by atoms with Crippen molar-refractivity contribution >= 4 is 11.6 Å². The largest absolute Gasteiger partial charge is 0.481 e. The molecule has 2 fully saturated rings. The summed E-state index contributed by atoms with van der Waals surface area (Å²) in [6.07, 6.45) is -3.75. The van der Waals surface area contributed by atoms with Crippen molar-refractivity contribution in [2.24, 2.45) is 5.41 Å². The van der Waals surface area contributed by atoms with Gasteiger partial charge in [-0.25, -0.2) is 0 Å². The second-order valence-electron chi connectivity index (χ2n) is 6.53. The number of ether oxygens (including phenoxy) is 1. The first-order valence-corrected chi connectivity index (χ1v) is 8.18. The van der Waals surface area contributed by atoms with Crippen LogP contribution in [-0.4, -0.2) is 37.8 Å². The zero-order valence-electron chi connectivity index (χ0n) is 13.5. The molecule has 3 rings (SSSR count). The first kappa shape index (κ1) is 17.1. The maximum absolute atomic E-state index is 12.8. The molecule has 4 nitrogen and oxygen atoms in total. The molecule has 24 heavy (non-hydrogen) atoms. The van der Waals surface area contributed by atoms with Gasteiger partial charge in [-0.3, -0.25) is 4.79 Å². The molecule has 1 aromatic rings. The van der Waals surface area contributed by atoms with E-state index in [4.69, 9.17) is 4.74 Å². The minimum atomic E-state index is -4.40. The zero-order chi connectivity index (χ0) is 17.4. The number of nitrogens with one attached hydrogen (secondary N) is 1. The lowest BCUT2D eigenvalue weighted by molar-refractivity contribution is -0.189. The lowest BCUT2D eigenvalue weighted by Crippen LogP contribution is -2.42. The fourth-order valence-electron chi connectivity index (χ4n) is 3.41. The molecule has 0 aromatic heterocycles. The highest BCUT2D eigenvalue weighted by Gasteiger charge is 2.47. The van der Waals surface area contributed by atoms with Crippen LogP contribution in [0.15, 0.2) is 24.3 Å². The van der Waals surface area contributed by atoms with E-state index in [1.165, 1.54) is 12.1 Å². The number of piperidine rings is 1. The molecule has 1 spiro atoms. The van der Waals surface area contributed by atoms with Crippen molar-refractivity contribution in [1.82, 2.24) is 5.32 Å². The van der Waals surface area contributed by atoms with Crippen LogP contribution < -0.4 is 15.0 Å². The summed E-state index contributed by atoms with van der Waals surface area (Å²) < 4.78 is 42.5. The van der Waals surface area contributed by atoms with Gasteiger partial charge in [0.15, 0.2) is 6.10 Å². The van der Waals surface area contributed by atoms with Crippen molar-refractivity contribution in [3.63, 3.8) is 0 Å². The Hall–Kier alpha value is -1.76. The van der Waals surface area contributed by atoms with Crippen molar-refractivity contribution in [1.29, 1.82) is 0 Å². The van der Waals surface area contributed by atoms with Crippen LogP contribution in [0.1, 0.15) is 26.2 Å². The summed E-state index contributed by atoms with van der Waals surface area (Å²) >= 11 is 0. The normalized spacial score (nSPS) is 22.0. The number of anilines is 1. The standard InChI is InChI=1S/C17H21F3N2O2/c1-12(17(18,19)20)24-14-4-2-13(3-5-14)22-11-8-16(15(22)23)6-9-21-10-7-16/h2-5,12,21H,6-11H2,1H3/t12-/m0/s1. The summed E-state index contributed by atoms with van der Waals surface area (Å²) in [5.74, 6) is 0.271. The minimum Gasteiger partial charge on any atom is -0.481 e. The van der Waals surface area contributed by atoms with E-state index < -0.39 is 12.3 Å². The molecular weight excluding hydrogens is 321 g/mol. The Morgan fingerprint density at radius 2 is 1.79 bits per heavy atom. The predicted molar refractivity (Wildman–Crippen MR) is 84.1 cm³/mol. The Labute approximate surface area is 139 Å². The van der Waals surface area contributed by atoms with Gasteiger partial charge in [-0.2, -0.15) is 13.2 Å². The van der Waals surface area contributed by atoms with Gasteiger partial charge in [0.05, 0.1) is 5.41 Å². The van der Waals surface area contributed by atoms with Crippen LogP contribution in [0.3, 0.4) is 0 Å². The Morgan fingerprint density at radius 1 is 1.17 bits per heavy atom. The van der Waals surface area contributed by atoms with Crippen molar-refractivity contribution < 1.29 is 22.7 Å². The lowest BCUT2D eigenvalue weighted by Gasteiger charge is -2.32. The van der Waals surface area contributed by atoms with E-state index in [-0.39, 0.29) is 17.1 Å². The Bertz CT molecular complexity index is 595. The van der Waals surface area contributed by atoms with Gasteiger partial charge in [-0.05, 0) is 63.5 Å². The second kappa shape index (κ2) is 6.27. The summed E-state index contributed by atoms with van der Waals surface area (Å²) in [5, 5.41) is 3.27. The minimum absolute atomic E-state index is 0.126. The zero-order valence-corrected chi connectivity index (χ0v) is 13.5. The number of alkyl halides is 3. The summed E-state index contributed by atoms with van der Waals surface area (Å²) in [6.45, 7) is 3.32. The molecule has 7 heteroatoms. The maximum atomic E-state index is 12.8. The van der Waals surface area contributed by atoms with Crippen LogP contribution in [0.2, 0.25) is 0 Å². The van der Waals surface area contributed by atoms with Gasteiger partial charge in [-0.15, -0.1) is 0 Å². The molecule has 2 aliphatic heterocycles. The number of benzene rings is 1. The molecule has 0 bridgehead atoms.